The Morgan fingerprint density at radius 2 is 1.88 bits per heavy atom. The van der Waals surface area contributed by atoms with E-state index in [9.17, 15) is 20.1 Å². The minimum atomic E-state index is -0.797. The van der Waals surface area contributed by atoms with Crippen molar-refractivity contribution in [2.24, 2.45) is 0 Å². The highest BCUT2D eigenvalue weighted by Gasteiger charge is 2.38. The SMILES string of the molecule is CCOC(=O)c1c(C)c(CC)[n+]([O-])c(-c2ccccc2)c1[N+](=O)[O-]. The van der Waals surface area contributed by atoms with Gasteiger partial charge in [-0.15, -0.1) is 0 Å². The molecular weight excluding hydrogens is 312 g/mol. The average Bonchev–Trinajstić information content (AvgIpc) is 2.55. The van der Waals surface area contributed by atoms with Crippen LogP contribution in [-0.2, 0) is 11.2 Å². The molecule has 0 N–H and O–H groups in total. The summed E-state index contributed by atoms with van der Waals surface area (Å²) in [5.41, 5.74) is 0.124. The van der Waals surface area contributed by atoms with Crippen LogP contribution in [0.3, 0.4) is 0 Å². The number of aromatic nitrogens is 1. The normalized spacial score (nSPS) is 10.5. The van der Waals surface area contributed by atoms with Crippen LogP contribution >= 0.6 is 0 Å². The first kappa shape index (κ1) is 17.4. The number of nitro groups is 1. The first-order valence-electron chi connectivity index (χ1n) is 7.59. The summed E-state index contributed by atoms with van der Waals surface area (Å²) in [6.45, 7) is 4.99. The van der Waals surface area contributed by atoms with Crippen LogP contribution in [0.4, 0.5) is 5.69 Å². The van der Waals surface area contributed by atoms with Crippen LogP contribution in [0, 0.1) is 22.2 Å². The van der Waals surface area contributed by atoms with Gasteiger partial charge in [-0.2, -0.15) is 4.73 Å². The van der Waals surface area contributed by atoms with E-state index in [1.807, 2.05) is 0 Å². The largest absolute Gasteiger partial charge is 0.618 e. The summed E-state index contributed by atoms with van der Waals surface area (Å²) in [5, 5.41) is 24.4. The van der Waals surface area contributed by atoms with Crippen molar-refractivity contribution >= 4 is 11.7 Å². The molecule has 126 valence electrons. The monoisotopic (exact) mass is 330 g/mol. The van der Waals surface area contributed by atoms with Crippen molar-refractivity contribution in [3.63, 3.8) is 0 Å². The molecule has 0 radical (unpaired) electrons. The van der Waals surface area contributed by atoms with E-state index < -0.39 is 16.6 Å². The fourth-order valence-corrected chi connectivity index (χ4v) is 2.71. The highest BCUT2D eigenvalue weighted by Crippen LogP contribution is 2.33. The third kappa shape index (κ3) is 2.92. The molecule has 7 nitrogen and oxygen atoms in total. The van der Waals surface area contributed by atoms with Crippen LogP contribution in [-0.4, -0.2) is 17.5 Å². The number of pyridine rings is 1. The molecule has 0 aliphatic rings. The fourth-order valence-electron chi connectivity index (χ4n) is 2.71. The predicted molar refractivity (Wildman–Crippen MR) is 87.6 cm³/mol. The fraction of sp³-hybridized carbons (Fsp3) is 0.294. The van der Waals surface area contributed by atoms with E-state index in [0.29, 0.717) is 22.4 Å². The first-order chi connectivity index (χ1) is 11.4. The second-order valence-electron chi connectivity index (χ2n) is 5.14. The van der Waals surface area contributed by atoms with Gasteiger partial charge in [-0.3, -0.25) is 10.1 Å². The number of nitrogens with zero attached hydrogens (tertiary/aromatic N) is 2. The number of hydrogen-bond acceptors (Lipinski definition) is 5. The summed E-state index contributed by atoms with van der Waals surface area (Å²) in [7, 11) is 0. The van der Waals surface area contributed by atoms with Gasteiger partial charge in [0.2, 0.25) is 0 Å². The zero-order chi connectivity index (χ0) is 17.9. The van der Waals surface area contributed by atoms with Crippen LogP contribution in [0.15, 0.2) is 30.3 Å². The molecule has 0 atom stereocenters. The third-order valence-electron chi connectivity index (χ3n) is 3.76. The van der Waals surface area contributed by atoms with Gasteiger partial charge in [0.1, 0.15) is 0 Å². The lowest BCUT2D eigenvalue weighted by Gasteiger charge is -2.15. The average molecular weight is 330 g/mol. The summed E-state index contributed by atoms with van der Waals surface area (Å²) in [4.78, 5) is 23.3. The standard InChI is InChI=1S/C17H18N2O5/c1-4-13-11(3)14(17(20)24-5-2)16(19(22)23)15(18(13)21)12-9-7-6-8-10-12/h6-10H,4-5H2,1-3H3. The van der Waals surface area contributed by atoms with Gasteiger partial charge in [-0.1, -0.05) is 25.1 Å². The van der Waals surface area contributed by atoms with Crippen LogP contribution < -0.4 is 4.73 Å². The van der Waals surface area contributed by atoms with Crippen molar-refractivity contribution in [2.45, 2.75) is 27.2 Å². The van der Waals surface area contributed by atoms with E-state index in [0.717, 1.165) is 0 Å². The molecule has 1 aromatic carbocycles. The molecule has 0 saturated carbocycles. The van der Waals surface area contributed by atoms with Crippen molar-refractivity contribution in [2.75, 3.05) is 6.61 Å². The Bertz CT molecular complexity index is 788. The van der Waals surface area contributed by atoms with Crippen LogP contribution in [0.25, 0.3) is 11.3 Å². The second-order valence-corrected chi connectivity index (χ2v) is 5.14. The van der Waals surface area contributed by atoms with E-state index in [-0.39, 0.29) is 23.4 Å². The summed E-state index contributed by atoms with van der Waals surface area (Å²) in [6.07, 6.45) is 0.333. The highest BCUT2D eigenvalue weighted by molar-refractivity contribution is 5.98. The number of carbonyl (C=O) groups excluding carboxylic acids is 1. The van der Waals surface area contributed by atoms with Crippen molar-refractivity contribution in [3.05, 3.63) is 62.5 Å². The molecule has 0 spiro atoms. The summed E-state index contributed by atoms with van der Waals surface area (Å²) in [6, 6.07) is 8.29. The van der Waals surface area contributed by atoms with Crippen molar-refractivity contribution < 1.29 is 19.2 Å². The molecule has 2 aromatic rings. The van der Waals surface area contributed by atoms with Crippen LogP contribution in [0.2, 0.25) is 0 Å². The molecule has 7 heteroatoms. The number of rotatable bonds is 5. The van der Waals surface area contributed by atoms with E-state index >= 15 is 0 Å². The Morgan fingerprint density at radius 1 is 1.25 bits per heavy atom. The lowest BCUT2D eigenvalue weighted by atomic mass is 9.99. The maximum atomic E-state index is 12.7. The molecule has 1 aromatic heterocycles. The van der Waals surface area contributed by atoms with Gasteiger partial charge < -0.3 is 9.94 Å². The number of benzene rings is 1. The van der Waals surface area contributed by atoms with E-state index in [1.165, 1.54) is 6.92 Å². The van der Waals surface area contributed by atoms with E-state index in [1.54, 1.807) is 44.2 Å². The molecule has 1 heterocycles. The van der Waals surface area contributed by atoms with Gasteiger partial charge in [0.15, 0.2) is 11.3 Å². The summed E-state index contributed by atoms with van der Waals surface area (Å²) < 4.78 is 5.52. The van der Waals surface area contributed by atoms with Gasteiger partial charge in [-0.05, 0) is 26.0 Å². The zero-order valence-corrected chi connectivity index (χ0v) is 13.7. The third-order valence-corrected chi connectivity index (χ3v) is 3.76. The molecule has 0 aliphatic heterocycles. The van der Waals surface area contributed by atoms with Crippen molar-refractivity contribution in [1.29, 1.82) is 0 Å². The number of carbonyl (C=O) groups is 1. The Labute approximate surface area is 139 Å². The maximum Gasteiger partial charge on any atom is 0.356 e. The molecular formula is C17H18N2O5. The van der Waals surface area contributed by atoms with Crippen LogP contribution in [0.1, 0.15) is 35.5 Å². The highest BCUT2D eigenvalue weighted by atomic mass is 16.6. The van der Waals surface area contributed by atoms with Gasteiger partial charge >= 0.3 is 17.4 Å². The molecule has 0 bridgehead atoms. The van der Waals surface area contributed by atoms with Crippen molar-refractivity contribution in [3.8, 4) is 11.3 Å². The predicted octanol–water partition coefficient (Wildman–Crippen LogP) is 2.94. The van der Waals surface area contributed by atoms with Crippen molar-refractivity contribution in [1.82, 2.24) is 0 Å². The van der Waals surface area contributed by atoms with Crippen LogP contribution in [0.5, 0.6) is 0 Å². The number of esters is 1. The summed E-state index contributed by atoms with van der Waals surface area (Å²) >= 11 is 0. The molecule has 0 unspecified atom stereocenters. The first-order valence-corrected chi connectivity index (χ1v) is 7.59. The lowest BCUT2D eigenvalue weighted by Crippen LogP contribution is -2.38. The lowest BCUT2D eigenvalue weighted by molar-refractivity contribution is -0.606. The maximum absolute atomic E-state index is 12.7. The quantitative estimate of drug-likeness (QED) is 0.276. The smallest absolute Gasteiger partial charge is 0.356 e. The number of ether oxygens (including phenoxy) is 1. The Morgan fingerprint density at radius 3 is 2.38 bits per heavy atom. The van der Waals surface area contributed by atoms with Gasteiger partial charge in [-0.25, -0.2) is 4.79 Å². The molecule has 0 amide bonds. The Hall–Kier alpha value is -2.96. The molecule has 0 saturated heterocycles. The zero-order valence-electron chi connectivity index (χ0n) is 13.7. The van der Waals surface area contributed by atoms with E-state index in [4.69, 9.17) is 4.74 Å². The Kier molecular flexibility index (Phi) is 5.13. The Balaban J connectivity index is 2.95. The van der Waals surface area contributed by atoms with Gasteiger partial charge in [0.25, 0.3) is 0 Å². The number of hydrogen-bond donors (Lipinski definition) is 0. The molecule has 24 heavy (non-hydrogen) atoms. The minimum Gasteiger partial charge on any atom is -0.618 e. The minimum absolute atomic E-state index is 0.0871. The second kappa shape index (κ2) is 7.08. The topological polar surface area (TPSA) is 96.4 Å². The van der Waals surface area contributed by atoms with Gasteiger partial charge in [0.05, 0.1) is 17.1 Å². The van der Waals surface area contributed by atoms with E-state index in [2.05, 4.69) is 0 Å². The summed E-state index contributed by atoms with van der Waals surface area (Å²) in [5.74, 6) is -0.797. The molecule has 2 rings (SSSR count). The van der Waals surface area contributed by atoms with Gasteiger partial charge in [0, 0.05) is 12.0 Å². The molecule has 0 aliphatic carbocycles. The molecule has 0 fully saturated rings.